The van der Waals surface area contributed by atoms with Crippen molar-refractivity contribution in [3.8, 4) is 10.6 Å². The number of aromatic nitrogens is 1. The van der Waals surface area contributed by atoms with E-state index in [4.69, 9.17) is 4.98 Å². The molecular formula is C20H28N2OS2. The lowest BCUT2D eigenvalue weighted by molar-refractivity contribution is -0.121. The predicted molar refractivity (Wildman–Crippen MR) is 110 cm³/mol. The van der Waals surface area contributed by atoms with Gasteiger partial charge in [-0.15, -0.1) is 23.1 Å². The minimum atomic E-state index is -0.193. The highest BCUT2D eigenvalue weighted by molar-refractivity contribution is 7.99. The van der Waals surface area contributed by atoms with E-state index in [9.17, 15) is 4.79 Å². The van der Waals surface area contributed by atoms with E-state index in [-0.39, 0.29) is 16.7 Å². The van der Waals surface area contributed by atoms with E-state index in [1.165, 1.54) is 5.56 Å². The minimum Gasteiger partial charge on any atom is -0.351 e. The first-order valence-electron chi connectivity index (χ1n) is 8.64. The van der Waals surface area contributed by atoms with Crippen LogP contribution >= 0.6 is 23.1 Å². The quantitative estimate of drug-likeness (QED) is 0.727. The SMILES string of the molecule is CC(SCc1csc(-c2ccc(C(C)C)cc2)n1)C(=O)NC(C)(C)C. The molecule has 1 aromatic heterocycles. The zero-order chi connectivity index (χ0) is 18.6. The van der Waals surface area contributed by atoms with Crippen molar-refractivity contribution < 1.29 is 4.79 Å². The second-order valence-electron chi connectivity index (χ2n) is 7.61. The molecule has 136 valence electrons. The third-order valence-electron chi connectivity index (χ3n) is 3.72. The molecule has 0 radical (unpaired) electrons. The first-order chi connectivity index (χ1) is 11.7. The Kier molecular flexibility index (Phi) is 6.69. The van der Waals surface area contributed by atoms with Crippen LogP contribution < -0.4 is 5.32 Å². The molecule has 3 nitrogen and oxygen atoms in total. The van der Waals surface area contributed by atoms with Crippen LogP contribution in [0.25, 0.3) is 10.6 Å². The maximum Gasteiger partial charge on any atom is 0.233 e. The van der Waals surface area contributed by atoms with Crippen molar-refractivity contribution in [3.63, 3.8) is 0 Å². The van der Waals surface area contributed by atoms with Crippen molar-refractivity contribution >= 4 is 29.0 Å². The molecule has 0 saturated carbocycles. The summed E-state index contributed by atoms with van der Waals surface area (Å²) in [6.45, 7) is 12.3. The topological polar surface area (TPSA) is 42.0 Å². The molecule has 1 N–H and O–H groups in total. The number of carbonyl (C=O) groups excluding carboxylic acids is 1. The number of nitrogens with zero attached hydrogens (tertiary/aromatic N) is 1. The Hall–Kier alpha value is -1.33. The molecular weight excluding hydrogens is 348 g/mol. The van der Waals surface area contributed by atoms with Gasteiger partial charge in [0.2, 0.25) is 5.91 Å². The van der Waals surface area contributed by atoms with E-state index in [0.717, 1.165) is 22.0 Å². The van der Waals surface area contributed by atoms with Gasteiger partial charge in [-0.3, -0.25) is 4.79 Å². The Morgan fingerprint density at radius 2 is 1.84 bits per heavy atom. The van der Waals surface area contributed by atoms with Crippen molar-refractivity contribution in [1.82, 2.24) is 10.3 Å². The van der Waals surface area contributed by atoms with E-state index in [1.807, 2.05) is 27.7 Å². The molecule has 0 bridgehead atoms. The summed E-state index contributed by atoms with van der Waals surface area (Å²) in [6, 6.07) is 8.64. The van der Waals surface area contributed by atoms with Gasteiger partial charge in [0.15, 0.2) is 0 Å². The van der Waals surface area contributed by atoms with E-state index in [1.54, 1.807) is 23.1 Å². The van der Waals surface area contributed by atoms with Crippen molar-refractivity contribution in [2.24, 2.45) is 0 Å². The van der Waals surface area contributed by atoms with Gasteiger partial charge in [0.05, 0.1) is 10.9 Å². The van der Waals surface area contributed by atoms with Gasteiger partial charge in [-0.1, -0.05) is 38.1 Å². The van der Waals surface area contributed by atoms with Gasteiger partial charge in [-0.2, -0.15) is 0 Å². The Bertz CT molecular complexity index is 699. The molecule has 2 rings (SSSR count). The summed E-state index contributed by atoms with van der Waals surface area (Å²) < 4.78 is 0. The highest BCUT2D eigenvalue weighted by Gasteiger charge is 2.19. The van der Waals surface area contributed by atoms with Gasteiger partial charge >= 0.3 is 0 Å². The molecule has 1 amide bonds. The summed E-state index contributed by atoms with van der Waals surface area (Å²) in [7, 11) is 0. The third kappa shape index (κ3) is 6.15. The number of thiazole rings is 1. The number of nitrogens with one attached hydrogen (secondary N) is 1. The van der Waals surface area contributed by atoms with Crippen LogP contribution in [0.2, 0.25) is 0 Å². The van der Waals surface area contributed by atoms with Crippen molar-refractivity contribution in [3.05, 3.63) is 40.9 Å². The lowest BCUT2D eigenvalue weighted by atomic mass is 10.0. The number of rotatable bonds is 6. The predicted octanol–water partition coefficient (Wildman–Crippen LogP) is 5.47. The van der Waals surface area contributed by atoms with Crippen molar-refractivity contribution in [2.75, 3.05) is 0 Å². The van der Waals surface area contributed by atoms with Crippen LogP contribution in [0, 0.1) is 0 Å². The van der Waals surface area contributed by atoms with Gasteiger partial charge in [0, 0.05) is 22.2 Å². The first-order valence-corrected chi connectivity index (χ1v) is 10.6. The molecule has 0 saturated heterocycles. The molecule has 1 unspecified atom stereocenters. The zero-order valence-corrected chi connectivity index (χ0v) is 17.6. The van der Waals surface area contributed by atoms with E-state index < -0.39 is 0 Å². The summed E-state index contributed by atoms with van der Waals surface area (Å²) >= 11 is 3.29. The largest absolute Gasteiger partial charge is 0.351 e. The third-order valence-corrected chi connectivity index (χ3v) is 5.84. The van der Waals surface area contributed by atoms with Gasteiger partial charge in [-0.25, -0.2) is 4.98 Å². The maximum atomic E-state index is 12.1. The maximum absolute atomic E-state index is 12.1. The van der Waals surface area contributed by atoms with E-state index >= 15 is 0 Å². The molecule has 0 aliphatic carbocycles. The monoisotopic (exact) mass is 376 g/mol. The van der Waals surface area contributed by atoms with Gasteiger partial charge in [-0.05, 0) is 39.2 Å². The van der Waals surface area contributed by atoms with Crippen LogP contribution in [0.4, 0.5) is 0 Å². The lowest BCUT2D eigenvalue weighted by Crippen LogP contribution is -2.44. The summed E-state index contributed by atoms with van der Waals surface area (Å²) in [4.78, 5) is 16.9. The van der Waals surface area contributed by atoms with Crippen LogP contribution in [0.1, 0.15) is 58.7 Å². The van der Waals surface area contributed by atoms with Crippen LogP contribution in [0.5, 0.6) is 0 Å². The normalized spacial score (nSPS) is 13.1. The average molecular weight is 377 g/mol. The van der Waals surface area contributed by atoms with Crippen molar-refractivity contribution in [2.45, 2.75) is 64.0 Å². The summed E-state index contributed by atoms with van der Waals surface area (Å²) in [5.74, 6) is 1.37. The Labute approximate surface area is 159 Å². The number of amides is 1. The number of hydrogen-bond donors (Lipinski definition) is 1. The van der Waals surface area contributed by atoms with E-state index in [2.05, 4.69) is 48.8 Å². The lowest BCUT2D eigenvalue weighted by Gasteiger charge is -2.22. The Morgan fingerprint density at radius 1 is 1.20 bits per heavy atom. The van der Waals surface area contributed by atoms with Gasteiger partial charge in [0.1, 0.15) is 5.01 Å². The van der Waals surface area contributed by atoms with E-state index in [0.29, 0.717) is 5.92 Å². The number of thioether (sulfide) groups is 1. The molecule has 0 aliphatic heterocycles. The fourth-order valence-electron chi connectivity index (χ4n) is 2.27. The molecule has 1 heterocycles. The van der Waals surface area contributed by atoms with Gasteiger partial charge < -0.3 is 5.32 Å². The molecule has 0 fully saturated rings. The fourth-order valence-corrected chi connectivity index (χ4v) is 3.98. The second-order valence-corrected chi connectivity index (χ2v) is 9.80. The number of benzene rings is 1. The molecule has 5 heteroatoms. The smallest absolute Gasteiger partial charge is 0.233 e. The van der Waals surface area contributed by atoms with Crippen LogP contribution in [0.15, 0.2) is 29.6 Å². The summed E-state index contributed by atoms with van der Waals surface area (Å²) in [6.07, 6.45) is 0. The summed E-state index contributed by atoms with van der Waals surface area (Å²) in [5, 5.41) is 6.06. The fraction of sp³-hybridized carbons (Fsp3) is 0.500. The Balaban J connectivity index is 1.94. The van der Waals surface area contributed by atoms with Gasteiger partial charge in [0.25, 0.3) is 0 Å². The number of hydrogen-bond acceptors (Lipinski definition) is 4. The van der Waals surface area contributed by atoms with Crippen LogP contribution in [-0.2, 0) is 10.5 Å². The zero-order valence-electron chi connectivity index (χ0n) is 15.9. The highest BCUT2D eigenvalue weighted by Crippen LogP contribution is 2.28. The average Bonchev–Trinajstić information content (AvgIpc) is 3.00. The number of carbonyl (C=O) groups is 1. The molecule has 0 spiro atoms. The molecule has 0 aliphatic rings. The molecule has 1 aromatic carbocycles. The Morgan fingerprint density at radius 3 is 2.40 bits per heavy atom. The van der Waals surface area contributed by atoms with Crippen LogP contribution in [-0.4, -0.2) is 21.7 Å². The van der Waals surface area contributed by atoms with Crippen LogP contribution in [0.3, 0.4) is 0 Å². The highest BCUT2D eigenvalue weighted by atomic mass is 32.2. The molecule has 2 aromatic rings. The molecule has 25 heavy (non-hydrogen) atoms. The minimum absolute atomic E-state index is 0.0808. The molecule has 1 atom stereocenters. The van der Waals surface area contributed by atoms with Crippen molar-refractivity contribution in [1.29, 1.82) is 0 Å². The second kappa shape index (κ2) is 8.37. The summed E-state index contributed by atoms with van der Waals surface area (Å²) in [5.41, 5.74) is 3.34. The standard InChI is InChI=1S/C20H28N2OS2/c1-13(2)15-7-9-16(10-8-15)19-21-17(12-25-19)11-24-14(3)18(23)22-20(4,5)6/h7-10,12-14H,11H2,1-6H3,(H,22,23). The first kappa shape index (κ1) is 20.0.